The lowest BCUT2D eigenvalue weighted by molar-refractivity contribution is 0.0606. The lowest BCUT2D eigenvalue weighted by Crippen LogP contribution is -2.38. The number of amides is 1. The molecule has 3 rings (SSSR count). The zero-order chi connectivity index (χ0) is 17.6. The number of pyridine rings is 1. The zero-order valence-electron chi connectivity index (χ0n) is 14.4. The van der Waals surface area contributed by atoms with Crippen molar-refractivity contribution in [3.05, 3.63) is 54.4 Å². The van der Waals surface area contributed by atoms with E-state index >= 15 is 0 Å². The first-order chi connectivity index (χ1) is 12.2. The average molecular weight is 342 g/mol. The molecule has 132 valence electrons. The van der Waals surface area contributed by atoms with Crippen LogP contribution in [0.15, 0.2) is 48.7 Å². The van der Waals surface area contributed by atoms with Crippen molar-refractivity contribution in [1.82, 2.24) is 9.88 Å². The Bertz CT molecular complexity index is 708. The van der Waals surface area contributed by atoms with Gasteiger partial charge in [-0.1, -0.05) is 18.2 Å². The van der Waals surface area contributed by atoms with Gasteiger partial charge in [0.25, 0.3) is 5.91 Å². The molecule has 1 saturated heterocycles. The van der Waals surface area contributed by atoms with Crippen molar-refractivity contribution in [2.24, 2.45) is 0 Å². The molecule has 2 atom stereocenters. The van der Waals surface area contributed by atoms with Gasteiger partial charge in [0.2, 0.25) is 0 Å². The minimum absolute atomic E-state index is 0.0112. The van der Waals surface area contributed by atoms with Crippen LogP contribution in [0, 0.1) is 0 Å². The van der Waals surface area contributed by atoms with Gasteiger partial charge in [-0.05, 0) is 24.6 Å². The molecule has 2 heterocycles. The maximum atomic E-state index is 12.9. The molecule has 25 heavy (non-hydrogen) atoms. The summed E-state index contributed by atoms with van der Waals surface area (Å²) in [6.07, 6.45) is 2.37. The van der Waals surface area contributed by atoms with Crippen LogP contribution in [0.1, 0.15) is 16.9 Å². The van der Waals surface area contributed by atoms with E-state index in [-0.39, 0.29) is 18.1 Å². The summed E-state index contributed by atoms with van der Waals surface area (Å²) >= 11 is 0. The van der Waals surface area contributed by atoms with Crippen LogP contribution >= 0.6 is 0 Å². The average Bonchev–Trinajstić information content (AvgIpc) is 3.05. The van der Waals surface area contributed by atoms with E-state index in [0.29, 0.717) is 30.3 Å². The molecule has 0 bridgehead atoms. The standard InChI is InChI=1S/C19H22N2O4/c1-23-13-14-10-17(24-2)12-21(14)19(22)18-11-16(8-9-20-18)25-15-6-4-3-5-7-15/h3-9,11,14,17H,10,12-13H2,1-2H3/t14-,17-/m0/s1. The lowest BCUT2D eigenvalue weighted by atomic mass is 10.2. The minimum atomic E-state index is -0.139. The first-order valence-electron chi connectivity index (χ1n) is 8.23. The van der Waals surface area contributed by atoms with Crippen LogP contribution in [-0.4, -0.2) is 55.3 Å². The highest BCUT2D eigenvalue weighted by Crippen LogP contribution is 2.25. The van der Waals surface area contributed by atoms with Gasteiger partial charge >= 0.3 is 0 Å². The number of rotatable bonds is 6. The molecule has 2 aromatic rings. The van der Waals surface area contributed by atoms with Gasteiger partial charge in [-0.2, -0.15) is 0 Å². The summed E-state index contributed by atoms with van der Waals surface area (Å²) in [5.41, 5.74) is 0.353. The number of likely N-dealkylation sites (tertiary alicyclic amines) is 1. The van der Waals surface area contributed by atoms with Gasteiger partial charge in [0.05, 0.1) is 18.8 Å². The highest BCUT2D eigenvalue weighted by atomic mass is 16.5. The Morgan fingerprint density at radius 3 is 2.72 bits per heavy atom. The predicted octanol–water partition coefficient (Wildman–Crippen LogP) is 2.75. The topological polar surface area (TPSA) is 60.9 Å². The van der Waals surface area contributed by atoms with Crippen LogP contribution in [0.3, 0.4) is 0 Å². The smallest absolute Gasteiger partial charge is 0.273 e. The van der Waals surface area contributed by atoms with Gasteiger partial charge in [0.15, 0.2) is 0 Å². The summed E-state index contributed by atoms with van der Waals surface area (Å²) in [7, 11) is 3.30. The van der Waals surface area contributed by atoms with E-state index in [1.165, 1.54) is 0 Å². The summed E-state index contributed by atoms with van der Waals surface area (Å²) in [6.45, 7) is 1.01. The summed E-state index contributed by atoms with van der Waals surface area (Å²) in [5.74, 6) is 1.15. The molecule has 1 aliphatic heterocycles. The van der Waals surface area contributed by atoms with Gasteiger partial charge < -0.3 is 19.1 Å². The van der Waals surface area contributed by atoms with E-state index in [2.05, 4.69) is 4.98 Å². The molecule has 6 heteroatoms. The van der Waals surface area contributed by atoms with Crippen molar-refractivity contribution in [1.29, 1.82) is 0 Å². The summed E-state index contributed by atoms with van der Waals surface area (Å²) in [5, 5.41) is 0. The van der Waals surface area contributed by atoms with Crippen molar-refractivity contribution in [3.8, 4) is 11.5 Å². The molecule has 0 spiro atoms. The number of hydrogen-bond donors (Lipinski definition) is 0. The Balaban J connectivity index is 1.76. The van der Waals surface area contributed by atoms with Crippen LogP contribution < -0.4 is 4.74 Å². The van der Waals surface area contributed by atoms with E-state index in [4.69, 9.17) is 14.2 Å². The van der Waals surface area contributed by atoms with Gasteiger partial charge in [0.1, 0.15) is 17.2 Å². The number of methoxy groups -OCH3 is 2. The Kier molecular flexibility index (Phi) is 5.63. The van der Waals surface area contributed by atoms with Gasteiger partial charge in [0, 0.05) is 33.0 Å². The Labute approximate surface area is 147 Å². The third-order valence-electron chi connectivity index (χ3n) is 4.26. The minimum Gasteiger partial charge on any atom is -0.457 e. The number of para-hydroxylation sites is 1. The van der Waals surface area contributed by atoms with E-state index in [9.17, 15) is 4.79 Å². The Morgan fingerprint density at radius 2 is 2.00 bits per heavy atom. The van der Waals surface area contributed by atoms with Crippen molar-refractivity contribution in [2.45, 2.75) is 18.6 Å². The Hall–Kier alpha value is -2.44. The zero-order valence-corrected chi connectivity index (χ0v) is 14.4. The van der Waals surface area contributed by atoms with Crippen molar-refractivity contribution < 1.29 is 19.0 Å². The van der Waals surface area contributed by atoms with Gasteiger partial charge in [-0.3, -0.25) is 9.78 Å². The second-order valence-corrected chi connectivity index (χ2v) is 5.95. The number of carbonyl (C=O) groups is 1. The molecule has 0 radical (unpaired) electrons. The molecule has 1 fully saturated rings. The third kappa shape index (κ3) is 4.15. The second kappa shape index (κ2) is 8.09. The largest absolute Gasteiger partial charge is 0.457 e. The summed E-state index contributed by atoms with van der Waals surface area (Å²) < 4.78 is 16.4. The highest BCUT2D eigenvalue weighted by Gasteiger charge is 2.36. The molecule has 0 aliphatic carbocycles. The van der Waals surface area contributed by atoms with Gasteiger partial charge in [-0.25, -0.2) is 0 Å². The van der Waals surface area contributed by atoms with Gasteiger partial charge in [-0.15, -0.1) is 0 Å². The van der Waals surface area contributed by atoms with E-state index < -0.39 is 0 Å². The van der Waals surface area contributed by atoms with Crippen molar-refractivity contribution in [3.63, 3.8) is 0 Å². The quantitative estimate of drug-likeness (QED) is 0.808. The molecule has 0 N–H and O–H groups in total. The molecule has 0 saturated carbocycles. The fourth-order valence-electron chi connectivity index (χ4n) is 3.01. The fraction of sp³-hybridized carbons (Fsp3) is 0.368. The van der Waals surface area contributed by atoms with Crippen LogP contribution in [0.2, 0.25) is 0 Å². The molecule has 1 aromatic carbocycles. The highest BCUT2D eigenvalue weighted by molar-refractivity contribution is 5.93. The monoisotopic (exact) mass is 342 g/mol. The molecule has 1 aliphatic rings. The number of aromatic nitrogens is 1. The first-order valence-corrected chi connectivity index (χ1v) is 8.23. The first kappa shape index (κ1) is 17.4. The molecule has 6 nitrogen and oxygen atoms in total. The van der Waals surface area contributed by atoms with Crippen LogP contribution in [0.4, 0.5) is 0 Å². The number of hydrogen-bond acceptors (Lipinski definition) is 5. The maximum Gasteiger partial charge on any atom is 0.273 e. The van der Waals surface area contributed by atoms with Crippen LogP contribution in [0.5, 0.6) is 11.5 Å². The molecule has 1 amide bonds. The SMILES string of the molecule is COC[C@@H]1C[C@H](OC)CN1C(=O)c1cc(Oc2ccccc2)ccn1. The summed E-state index contributed by atoms with van der Waals surface area (Å²) in [6, 6.07) is 12.8. The number of carbonyl (C=O) groups excluding carboxylic acids is 1. The number of nitrogens with zero attached hydrogens (tertiary/aromatic N) is 2. The lowest BCUT2D eigenvalue weighted by Gasteiger charge is -2.23. The molecular weight excluding hydrogens is 320 g/mol. The molecule has 0 unspecified atom stereocenters. The van der Waals surface area contributed by atoms with Crippen molar-refractivity contribution >= 4 is 5.91 Å². The molecule has 1 aromatic heterocycles. The summed E-state index contributed by atoms with van der Waals surface area (Å²) in [4.78, 5) is 18.9. The second-order valence-electron chi connectivity index (χ2n) is 5.95. The fourth-order valence-corrected chi connectivity index (χ4v) is 3.01. The van der Waals surface area contributed by atoms with E-state index in [0.717, 1.165) is 6.42 Å². The third-order valence-corrected chi connectivity index (χ3v) is 4.26. The van der Waals surface area contributed by atoms with E-state index in [1.54, 1.807) is 37.4 Å². The number of ether oxygens (including phenoxy) is 3. The van der Waals surface area contributed by atoms with Crippen molar-refractivity contribution in [2.75, 3.05) is 27.4 Å². The predicted molar refractivity (Wildman–Crippen MR) is 92.9 cm³/mol. The maximum absolute atomic E-state index is 12.9. The van der Waals surface area contributed by atoms with Crippen LogP contribution in [-0.2, 0) is 9.47 Å². The Morgan fingerprint density at radius 1 is 1.20 bits per heavy atom. The molecular formula is C19H22N2O4. The van der Waals surface area contributed by atoms with Crippen LogP contribution in [0.25, 0.3) is 0 Å². The van der Waals surface area contributed by atoms with E-state index in [1.807, 2.05) is 30.3 Å². The number of benzene rings is 1. The normalized spacial score (nSPS) is 19.8.